The monoisotopic (exact) mass is 322 g/mol. The molecule has 2 heterocycles. The molecule has 0 fully saturated rings. The number of nitrogens with zero attached hydrogens (tertiary/aromatic N) is 5. The van der Waals surface area contributed by atoms with Crippen molar-refractivity contribution in [2.45, 2.75) is 6.54 Å². The molecule has 0 spiro atoms. The van der Waals surface area contributed by atoms with Crippen LogP contribution in [0.25, 0.3) is 17.5 Å². The summed E-state index contributed by atoms with van der Waals surface area (Å²) < 4.78 is 0. The standard InChI is InChI=1S/C15H14N8O/c16-15-18-8-11(9-19-15)4-5-13(24)17-7-10-2-1-3-12(6-10)14-20-22-23-21-14/h1-6,8-9H,7H2,(H,17,24)(H2,16,18,19)(H,20,21,22,23)/b5-4+. The van der Waals surface area contributed by atoms with E-state index in [0.29, 0.717) is 17.9 Å². The smallest absolute Gasteiger partial charge is 0.244 e. The average Bonchev–Trinajstić information content (AvgIpc) is 3.14. The molecule has 1 amide bonds. The number of nitrogen functional groups attached to an aromatic ring is 1. The van der Waals surface area contributed by atoms with Crippen molar-refractivity contribution in [2.75, 3.05) is 5.73 Å². The fourth-order valence-electron chi connectivity index (χ4n) is 1.96. The molecule has 1 aromatic carbocycles. The zero-order chi connectivity index (χ0) is 16.8. The largest absolute Gasteiger partial charge is 0.368 e. The van der Waals surface area contributed by atoms with Gasteiger partial charge in [0.25, 0.3) is 0 Å². The molecule has 120 valence electrons. The summed E-state index contributed by atoms with van der Waals surface area (Å²) in [5, 5.41) is 16.6. The summed E-state index contributed by atoms with van der Waals surface area (Å²) in [6.07, 6.45) is 6.11. The topological polar surface area (TPSA) is 135 Å². The van der Waals surface area contributed by atoms with Gasteiger partial charge >= 0.3 is 0 Å². The maximum Gasteiger partial charge on any atom is 0.244 e. The Balaban J connectivity index is 1.58. The van der Waals surface area contributed by atoms with Gasteiger partial charge in [0.05, 0.1) is 0 Å². The Morgan fingerprint density at radius 1 is 1.29 bits per heavy atom. The third kappa shape index (κ3) is 3.97. The molecule has 3 aromatic rings. The van der Waals surface area contributed by atoms with Gasteiger partial charge in [0.15, 0.2) is 0 Å². The number of amides is 1. The normalized spacial score (nSPS) is 10.8. The summed E-state index contributed by atoms with van der Waals surface area (Å²) in [5.74, 6) is 0.473. The highest BCUT2D eigenvalue weighted by Gasteiger charge is 2.04. The molecule has 0 saturated carbocycles. The number of anilines is 1. The van der Waals surface area contributed by atoms with E-state index in [1.807, 2.05) is 24.3 Å². The lowest BCUT2D eigenvalue weighted by atomic mass is 10.1. The van der Waals surface area contributed by atoms with Crippen molar-refractivity contribution in [3.63, 3.8) is 0 Å². The highest BCUT2D eigenvalue weighted by Crippen LogP contribution is 2.14. The van der Waals surface area contributed by atoms with Crippen molar-refractivity contribution in [3.05, 3.63) is 53.9 Å². The molecule has 24 heavy (non-hydrogen) atoms. The van der Waals surface area contributed by atoms with Crippen LogP contribution < -0.4 is 11.1 Å². The Morgan fingerprint density at radius 3 is 2.88 bits per heavy atom. The molecule has 0 aliphatic heterocycles. The van der Waals surface area contributed by atoms with Crippen LogP contribution in [-0.4, -0.2) is 36.5 Å². The molecule has 9 nitrogen and oxygen atoms in total. The predicted molar refractivity (Wildman–Crippen MR) is 86.9 cm³/mol. The minimum absolute atomic E-state index is 0.193. The summed E-state index contributed by atoms with van der Waals surface area (Å²) in [5.41, 5.74) is 7.84. The summed E-state index contributed by atoms with van der Waals surface area (Å²) >= 11 is 0. The van der Waals surface area contributed by atoms with Gasteiger partial charge in [0, 0.05) is 36.1 Å². The maximum absolute atomic E-state index is 11.9. The Morgan fingerprint density at radius 2 is 2.12 bits per heavy atom. The highest BCUT2D eigenvalue weighted by atomic mass is 16.1. The van der Waals surface area contributed by atoms with Crippen LogP contribution in [0.15, 0.2) is 42.7 Å². The number of nitrogens with two attached hydrogens (primary N) is 1. The van der Waals surface area contributed by atoms with Crippen LogP contribution >= 0.6 is 0 Å². The van der Waals surface area contributed by atoms with Crippen molar-refractivity contribution in [1.82, 2.24) is 35.9 Å². The second-order valence-electron chi connectivity index (χ2n) is 4.86. The van der Waals surface area contributed by atoms with E-state index in [4.69, 9.17) is 5.73 Å². The Hall–Kier alpha value is -3.62. The Labute approximate surface area is 137 Å². The van der Waals surface area contributed by atoms with Crippen LogP contribution in [0.2, 0.25) is 0 Å². The fraction of sp³-hybridized carbons (Fsp3) is 0.0667. The molecule has 3 rings (SSSR count). The van der Waals surface area contributed by atoms with Gasteiger partial charge in [-0.2, -0.15) is 5.21 Å². The number of aromatic nitrogens is 6. The Bertz CT molecular complexity index is 842. The maximum atomic E-state index is 11.9. The van der Waals surface area contributed by atoms with Gasteiger partial charge in [0.2, 0.25) is 17.7 Å². The van der Waals surface area contributed by atoms with Gasteiger partial charge < -0.3 is 11.1 Å². The zero-order valence-corrected chi connectivity index (χ0v) is 12.5. The van der Waals surface area contributed by atoms with E-state index >= 15 is 0 Å². The summed E-state index contributed by atoms with van der Waals surface area (Å²) in [6.45, 7) is 0.382. The predicted octanol–water partition coefficient (Wildman–Crippen LogP) is 0.568. The number of tetrazole rings is 1. The van der Waals surface area contributed by atoms with E-state index < -0.39 is 0 Å². The summed E-state index contributed by atoms with van der Waals surface area (Å²) in [6, 6.07) is 7.54. The molecule has 0 aliphatic rings. The van der Waals surface area contributed by atoms with Crippen LogP contribution in [0.1, 0.15) is 11.1 Å². The van der Waals surface area contributed by atoms with Crippen LogP contribution in [0.3, 0.4) is 0 Å². The first-order valence-electron chi connectivity index (χ1n) is 7.07. The second kappa shape index (κ2) is 7.09. The van der Waals surface area contributed by atoms with Crippen LogP contribution in [0, 0.1) is 0 Å². The number of H-pyrrole nitrogens is 1. The van der Waals surface area contributed by atoms with Gasteiger partial charge in [-0.25, -0.2) is 9.97 Å². The van der Waals surface area contributed by atoms with Gasteiger partial charge in [-0.05, 0) is 22.9 Å². The molecule has 9 heteroatoms. The van der Waals surface area contributed by atoms with Gasteiger partial charge in [-0.15, -0.1) is 10.2 Å². The van der Waals surface area contributed by atoms with Crippen LogP contribution in [0.5, 0.6) is 0 Å². The SMILES string of the molecule is Nc1ncc(/C=C/C(=O)NCc2cccc(-c3nn[nH]n3)c2)cn1. The fourth-order valence-corrected chi connectivity index (χ4v) is 1.96. The number of hydrogen-bond acceptors (Lipinski definition) is 7. The third-order valence-corrected chi connectivity index (χ3v) is 3.12. The second-order valence-corrected chi connectivity index (χ2v) is 4.86. The van der Waals surface area contributed by atoms with E-state index in [9.17, 15) is 4.79 Å². The van der Waals surface area contributed by atoms with Crippen molar-refractivity contribution in [2.24, 2.45) is 0 Å². The van der Waals surface area contributed by atoms with E-state index in [-0.39, 0.29) is 11.9 Å². The molecule has 0 unspecified atom stereocenters. The molecule has 0 atom stereocenters. The molecular weight excluding hydrogens is 308 g/mol. The van der Waals surface area contributed by atoms with Crippen molar-refractivity contribution in [1.29, 1.82) is 0 Å². The van der Waals surface area contributed by atoms with Crippen LogP contribution in [-0.2, 0) is 11.3 Å². The first kappa shape index (κ1) is 15.3. The highest BCUT2D eigenvalue weighted by molar-refractivity contribution is 5.91. The molecule has 4 N–H and O–H groups in total. The Kier molecular flexibility index (Phi) is 4.52. The average molecular weight is 322 g/mol. The van der Waals surface area contributed by atoms with Crippen LogP contribution in [0.4, 0.5) is 5.95 Å². The number of carbonyl (C=O) groups is 1. The number of carbonyl (C=O) groups excluding carboxylic acids is 1. The lowest BCUT2D eigenvalue weighted by Crippen LogP contribution is -2.20. The number of nitrogens with one attached hydrogen (secondary N) is 2. The van der Waals surface area contributed by atoms with E-state index in [0.717, 1.165) is 11.1 Å². The zero-order valence-electron chi connectivity index (χ0n) is 12.5. The third-order valence-electron chi connectivity index (χ3n) is 3.12. The number of aromatic amines is 1. The summed E-state index contributed by atoms with van der Waals surface area (Å²) in [4.78, 5) is 19.6. The number of rotatable bonds is 5. The number of hydrogen-bond donors (Lipinski definition) is 3. The van der Waals surface area contributed by atoms with E-state index in [2.05, 4.69) is 35.9 Å². The minimum Gasteiger partial charge on any atom is -0.368 e. The molecular formula is C15H14N8O. The lowest BCUT2D eigenvalue weighted by Gasteiger charge is -2.04. The van der Waals surface area contributed by atoms with Crippen molar-refractivity contribution in [3.8, 4) is 11.4 Å². The minimum atomic E-state index is -0.225. The molecule has 0 aliphatic carbocycles. The van der Waals surface area contributed by atoms with E-state index in [1.165, 1.54) is 6.08 Å². The first-order valence-corrected chi connectivity index (χ1v) is 7.07. The first-order chi connectivity index (χ1) is 11.7. The van der Waals surface area contributed by atoms with Gasteiger partial charge in [-0.3, -0.25) is 4.79 Å². The van der Waals surface area contributed by atoms with Gasteiger partial charge in [0.1, 0.15) is 0 Å². The lowest BCUT2D eigenvalue weighted by molar-refractivity contribution is -0.116. The number of benzene rings is 1. The molecule has 2 aromatic heterocycles. The molecule has 0 saturated heterocycles. The van der Waals surface area contributed by atoms with Gasteiger partial charge in [-0.1, -0.05) is 18.2 Å². The molecule has 0 bridgehead atoms. The van der Waals surface area contributed by atoms with Crippen molar-refractivity contribution < 1.29 is 4.79 Å². The van der Waals surface area contributed by atoms with E-state index in [1.54, 1.807) is 18.5 Å². The molecule has 0 radical (unpaired) electrons. The van der Waals surface area contributed by atoms with Crippen molar-refractivity contribution >= 4 is 17.9 Å². The quantitative estimate of drug-likeness (QED) is 0.584. The summed E-state index contributed by atoms with van der Waals surface area (Å²) in [7, 11) is 0.